The number of nitrogens with zero attached hydrogens (tertiary/aromatic N) is 2. The second-order valence-electron chi connectivity index (χ2n) is 7.51. The zero-order valence-corrected chi connectivity index (χ0v) is 18.5. The highest BCUT2D eigenvalue weighted by molar-refractivity contribution is 7.89. The van der Waals surface area contributed by atoms with Gasteiger partial charge in [0, 0.05) is 45.3 Å². The number of sulfonamides is 1. The molecule has 2 fully saturated rings. The van der Waals surface area contributed by atoms with Crippen LogP contribution in [0.25, 0.3) is 0 Å². The molecule has 0 aromatic heterocycles. The molecular formula is C20H30N4O6S. The first-order valence-electron chi connectivity index (χ1n) is 10.4. The first-order chi connectivity index (χ1) is 14.9. The Bertz CT molecular complexity index is 855. The smallest absolute Gasteiger partial charge is 0.309 e. The van der Waals surface area contributed by atoms with Gasteiger partial charge in [-0.05, 0) is 37.1 Å². The predicted octanol–water partition coefficient (Wildman–Crippen LogP) is -0.587. The third-order valence-electron chi connectivity index (χ3n) is 5.51. The number of hydrogen-bond acceptors (Lipinski definition) is 7. The molecule has 0 bridgehead atoms. The summed E-state index contributed by atoms with van der Waals surface area (Å²) in [6.45, 7) is 4.44. The van der Waals surface area contributed by atoms with E-state index < -0.39 is 27.9 Å². The molecule has 2 heterocycles. The van der Waals surface area contributed by atoms with E-state index in [0.717, 1.165) is 13.1 Å². The maximum atomic E-state index is 13.0. The van der Waals surface area contributed by atoms with Gasteiger partial charge in [0.1, 0.15) is 5.75 Å². The number of methoxy groups -OCH3 is 1. The van der Waals surface area contributed by atoms with E-state index in [0.29, 0.717) is 51.4 Å². The molecular weight excluding hydrogens is 424 g/mol. The maximum absolute atomic E-state index is 13.0. The quantitative estimate of drug-likeness (QED) is 0.505. The van der Waals surface area contributed by atoms with Crippen LogP contribution in [0.2, 0.25) is 0 Å². The van der Waals surface area contributed by atoms with E-state index in [1.165, 1.54) is 23.5 Å². The monoisotopic (exact) mass is 454 g/mol. The van der Waals surface area contributed by atoms with Crippen LogP contribution in [-0.2, 0) is 24.3 Å². The number of benzene rings is 1. The molecule has 2 aliphatic rings. The third kappa shape index (κ3) is 6.16. The molecule has 1 atom stereocenters. The highest BCUT2D eigenvalue weighted by atomic mass is 32.2. The van der Waals surface area contributed by atoms with E-state index in [-0.39, 0.29) is 11.4 Å². The molecule has 0 spiro atoms. The van der Waals surface area contributed by atoms with E-state index in [2.05, 4.69) is 15.5 Å². The van der Waals surface area contributed by atoms with Gasteiger partial charge in [0.15, 0.2) is 0 Å². The minimum Gasteiger partial charge on any atom is -0.497 e. The normalized spacial score (nSPS) is 20.4. The maximum Gasteiger partial charge on any atom is 0.309 e. The van der Waals surface area contributed by atoms with Crippen molar-refractivity contribution in [2.45, 2.75) is 23.8 Å². The fourth-order valence-electron chi connectivity index (χ4n) is 3.74. The molecule has 1 aromatic carbocycles. The predicted molar refractivity (Wildman–Crippen MR) is 113 cm³/mol. The number of morpholine rings is 1. The number of rotatable bonds is 8. The van der Waals surface area contributed by atoms with Crippen LogP contribution in [0, 0.1) is 0 Å². The van der Waals surface area contributed by atoms with E-state index in [1.807, 2.05) is 0 Å². The van der Waals surface area contributed by atoms with Crippen molar-refractivity contribution in [1.29, 1.82) is 0 Å². The molecule has 2 amide bonds. The van der Waals surface area contributed by atoms with Gasteiger partial charge in [-0.15, -0.1) is 0 Å². The summed E-state index contributed by atoms with van der Waals surface area (Å²) < 4.78 is 37.7. The number of carbonyl (C=O) groups excluding carboxylic acids is 2. The summed E-state index contributed by atoms with van der Waals surface area (Å²) in [6, 6.07) is 5.81. The fraction of sp³-hybridized carbons (Fsp3) is 0.600. The van der Waals surface area contributed by atoms with Gasteiger partial charge in [-0.1, -0.05) is 0 Å². The molecule has 0 saturated carbocycles. The highest BCUT2D eigenvalue weighted by Crippen LogP contribution is 2.26. The van der Waals surface area contributed by atoms with E-state index in [4.69, 9.17) is 9.47 Å². The molecule has 2 saturated heterocycles. The van der Waals surface area contributed by atoms with E-state index in [1.54, 1.807) is 12.1 Å². The highest BCUT2D eigenvalue weighted by Gasteiger charge is 2.35. The Labute approximate surface area is 182 Å². The molecule has 11 heteroatoms. The number of ether oxygens (including phenoxy) is 2. The van der Waals surface area contributed by atoms with E-state index in [9.17, 15) is 18.0 Å². The Morgan fingerprint density at radius 2 is 1.77 bits per heavy atom. The molecule has 0 radical (unpaired) electrons. The average molecular weight is 455 g/mol. The third-order valence-corrected chi connectivity index (χ3v) is 7.48. The summed E-state index contributed by atoms with van der Waals surface area (Å²) in [7, 11) is -2.18. The Kier molecular flexibility index (Phi) is 8.24. The van der Waals surface area contributed by atoms with Crippen LogP contribution in [0.4, 0.5) is 0 Å². The zero-order valence-electron chi connectivity index (χ0n) is 17.7. The summed E-state index contributed by atoms with van der Waals surface area (Å²) in [5.41, 5.74) is 0. The van der Waals surface area contributed by atoms with Crippen LogP contribution in [0.3, 0.4) is 0 Å². The van der Waals surface area contributed by atoms with Crippen molar-refractivity contribution in [2.75, 3.05) is 59.6 Å². The summed E-state index contributed by atoms with van der Waals surface area (Å²) in [4.78, 5) is 26.5. The van der Waals surface area contributed by atoms with Gasteiger partial charge in [0.2, 0.25) is 10.0 Å². The SMILES string of the molecule is COc1ccc(S(=O)(=O)N2CCC[C@@H]2CNC(=O)C(=O)NCCN2CCOCC2)cc1. The van der Waals surface area contributed by atoms with Crippen LogP contribution in [0.5, 0.6) is 5.75 Å². The lowest BCUT2D eigenvalue weighted by Crippen LogP contribution is -2.48. The van der Waals surface area contributed by atoms with Crippen LogP contribution in [0.1, 0.15) is 12.8 Å². The van der Waals surface area contributed by atoms with Gasteiger partial charge < -0.3 is 20.1 Å². The molecule has 0 unspecified atom stereocenters. The van der Waals surface area contributed by atoms with Gasteiger partial charge in [-0.25, -0.2) is 8.42 Å². The van der Waals surface area contributed by atoms with Crippen molar-refractivity contribution >= 4 is 21.8 Å². The first-order valence-corrected chi connectivity index (χ1v) is 11.9. The van der Waals surface area contributed by atoms with Gasteiger partial charge in [0.05, 0.1) is 25.2 Å². The van der Waals surface area contributed by atoms with Crippen LogP contribution in [0.15, 0.2) is 29.2 Å². The fourth-order valence-corrected chi connectivity index (χ4v) is 5.43. The van der Waals surface area contributed by atoms with Crippen LogP contribution in [-0.4, -0.2) is 95.1 Å². The second kappa shape index (κ2) is 10.9. The summed E-state index contributed by atoms with van der Waals surface area (Å²) in [5.74, 6) is -0.893. The van der Waals surface area contributed by atoms with Crippen molar-refractivity contribution in [3.8, 4) is 5.75 Å². The molecule has 10 nitrogen and oxygen atoms in total. The lowest BCUT2D eigenvalue weighted by atomic mass is 10.2. The van der Waals surface area contributed by atoms with Gasteiger partial charge in [-0.2, -0.15) is 4.31 Å². The lowest BCUT2D eigenvalue weighted by Gasteiger charge is -2.26. The molecule has 1 aromatic rings. The second-order valence-corrected chi connectivity index (χ2v) is 9.40. The number of hydrogen-bond donors (Lipinski definition) is 2. The Morgan fingerprint density at radius 1 is 1.10 bits per heavy atom. The van der Waals surface area contributed by atoms with Crippen LogP contribution < -0.4 is 15.4 Å². The summed E-state index contributed by atoms with van der Waals surface area (Å²) >= 11 is 0. The average Bonchev–Trinajstić information content (AvgIpc) is 3.27. The Hall–Kier alpha value is -2.21. The molecule has 172 valence electrons. The number of amides is 2. The number of nitrogens with one attached hydrogen (secondary N) is 2. The van der Waals surface area contributed by atoms with Gasteiger partial charge >= 0.3 is 11.8 Å². The largest absolute Gasteiger partial charge is 0.497 e. The van der Waals surface area contributed by atoms with Crippen LogP contribution >= 0.6 is 0 Å². The summed E-state index contributed by atoms with van der Waals surface area (Å²) in [5, 5.41) is 5.18. The van der Waals surface area contributed by atoms with Crippen molar-refractivity contribution in [2.24, 2.45) is 0 Å². The Balaban J connectivity index is 1.48. The molecule has 31 heavy (non-hydrogen) atoms. The first kappa shape index (κ1) is 23.5. The molecule has 2 aliphatic heterocycles. The summed E-state index contributed by atoms with van der Waals surface area (Å²) in [6.07, 6.45) is 1.32. The van der Waals surface area contributed by atoms with Crippen molar-refractivity contribution in [3.05, 3.63) is 24.3 Å². The minimum atomic E-state index is -3.70. The minimum absolute atomic E-state index is 0.0884. The topological polar surface area (TPSA) is 117 Å². The molecule has 0 aliphatic carbocycles. The van der Waals surface area contributed by atoms with Gasteiger partial charge in [0.25, 0.3) is 0 Å². The van der Waals surface area contributed by atoms with Gasteiger partial charge in [-0.3, -0.25) is 14.5 Å². The van der Waals surface area contributed by atoms with Crippen molar-refractivity contribution < 1.29 is 27.5 Å². The van der Waals surface area contributed by atoms with Crippen molar-refractivity contribution in [1.82, 2.24) is 19.8 Å². The molecule has 3 rings (SSSR count). The zero-order chi connectivity index (χ0) is 22.3. The number of carbonyl (C=O) groups is 2. The lowest BCUT2D eigenvalue weighted by molar-refractivity contribution is -0.139. The standard InChI is InChI=1S/C20H30N4O6S/c1-29-17-4-6-18(7-5-17)31(27,28)24-9-2-3-16(24)15-22-20(26)19(25)21-8-10-23-11-13-30-14-12-23/h4-7,16H,2-3,8-15H2,1H3,(H,21,25)(H,22,26)/t16-/m1/s1. The molecule has 2 N–H and O–H groups in total. The Morgan fingerprint density at radius 3 is 2.45 bits per heavy atom. The van der Waals surface area contributed by atoms with Crippen molar-refractivity contribution in [3.63, 3.8) is 0 Å². The van der Waals surface area contributed by atoms with E-state index >= 15 is 0 Å².